The largest absolute Gasteiger partial charge is 0.496 e. The van der Waals surface area contributed by atoms with Gasteiger partial charge in [0.15, 0.2) is 0 Å². The third-order valence-corrected chi connectivity index (χ3v) is 3.40. The Morgan fingerprint density at radius 1 is 1.29 bits per heavy atom. The summed E-state index contributed by atoms with van der Waals surface area (Å²) in [6, 6.07) is 12.2. The lowest BCUT2D eigenvalue weighted by Gasteiger charge is -2.16. The number of benzene rings is 2. The van der Waals surface area contributed by atoms with E-state index in [1.807, 2.05) is 25.1 Å². The minimum absolute atomic E-state index is 0.165. The molecule has 0 fully saturated rings. The van der Waals surface area contributed by atoms with Gasteiger partial charge >= 0.3 is 0 Å². The molecule has 4 nitrogen and oxygen atoms in total. The first-order chi connectivity index (χ1) is 10.0. The van der Waals surface area contributed by atoms with Crippen LogP contribution >= 0.6 is 11.6 Å². The highest BCUT2D eigenvalue weighted by Gasteiger charge is 2.16. The quantitative estimate of drug-likeness (QED) is 0.851. The van der Waals surface area contributed by atoms with Crippen LogP contribution in [0.15, 0.2) is 42.5 Å². The Labute approximate surface area is 128 Å². The number of methoxy groups -OCH3 is 1. The molecule has 3 N–H and O–H groups in total. The maximum absolute atomic E-state index is 12.3. The van der Waals surface area contributed by atoms with Gasteiger partial charge in [-0.25, -0.2) is 0 Å². The van der Waals surface area contributed by atoms with Crippen molar-refractivity contribution >= 4 is 23.2 Å². The van der Waals surface area contributed by atoms with Gasteiger partial charge in [0, 0.05) is 10.7 Å². The fourth-order valence-corrected chi connectivity index (χ4v) is 2.20. The Balaban J connectivity index is 2.18. The average molecular weight is 305 g/mol. The number of carbonyl (C=O) groups is 1. The van der Waals surface area contributed by atoms with Crippen LogP contribution in [0.25, 0.3) is 0 Å². The van der Waals surface area contributed by atoms with Crippen molar-refractivity contribution in [1.82, 2.24) is 5.32 Å². The zero-order valence-corrected chi connectivity index (χ0v) is 12.6. The lowest BCUT2D eigenvalue weighted by atomic mass is 10.1. The molecule has 0 aliphatic carbocycles. The zero-order chi connectivity index (χ0) is 15.4. The molecule has 0 saturated heterocycles. The molecule has 0 spiro atoms. The van der Waals surface area contributed by atoms with Gasteiger partial charge in [0.1, 0.15) is 5.75 Å². The van der Waals surface area contributed by atoms with E-state index in [2.05, 4.69) is 5.32 Å². The highest BCUT2D eigenvalue weighted by Crippen LogP contribution is 2.24. The van der Waals surface area contributed by atoms with Crippen LogP contribution < -0.4 is 15.8 Å². The topological polar surface area (TPSA) is 64.3 Å². The monoisotopic (exact) mass is 304 g/mol. The summed E-state index contributed by atoms with van der Waals surface area (Å²) in [7, 11) is 1.50. The van der Waals surface area contributed by atoms with Crippen molar-refractivity contribution < 1.29 is 9.53 Å². The molecule has 0 aliphatic rings. The summed E-state index contributed by atoms with van der Waals surface area (Å²) < 4.78 is 5.19. The van der Waals surface area contributed by atoms with E-state index >= 15 is 0 Å². The highest BCUT2D eigenvalue weighted by molar-refractivity contribution is 6.30. The van der Waals surface area contributed by atoms with Crippen molar-refractivity contribution in [3.63, 3.8) is 0 Å². The average Bonchev–Trinajstić information content (AvgIpc) is 2.46. The number of carbonyl (C=O) groups excluding carboxylic acids is 1. The molecule has 2 aromatic rings. The molecule has 2 aromatic carbocycles. The minimum atomic E-state index is -0.224. The smallest absolute Gasteiger partial charge is 0.255 e. The van der Waals surface area contributed by atoms with Gasteiger partial charge in [-0.1, -0.05) is 23.7 Å². The lowest BCUT2D eigenvalue weighted by Crippen LogP contribution is -2.27. The second kappa shape index (κ2) is 6.50. The third-order valence-electron chi connectivity index (χ3n) is 3.17. The number of amides is 1. The van der Waals surface area contributed by atoms with Crippen LogP contribution in [-0.2, 0) is 0 Å². The molecule has 1 atom stereocenters. The SMILES string of the molecule is COc1cc(Cl)ccc1C(=O)NC(C)c1cccc(N)c1. The minimum Gasteiger partial charge on any atom is -0.496 e. The van der Waals surface area contributed by atoms with Gasteiger partial charge in [-0.2, -0.15) is 0 Å². The van der Waals surface area contributed by atoms with Gasteiger partial charge in [-0.05, 0) is 42.8 Å². The van der Waals surface area contributed by atoms with E-state index in [-0.39, 0.29) is 11.9 Å². The van der Waals surface area contributed by atoms with Gasteiger partial charge in [-0.3, -0.25) is 4.79 Å². The van der Waals surface area contributed by atoms with Crippen LogP contribution in [0.2, 0.25) is 5.02 Å². The first kappa shape index (κ1) is 15.2. The number of ether oxygens (including phenoxy) is 1. The molecule has 0 bridgehead atoms. The molecule has 2 rings (SSSR count). The predicted molar refractivity (Wildman–Crippen MR) is 84.7 cm³/mol. The highest BCUT2D eigenvalue weighted by atomic mass is 35.5. The molecular weight excluding hydrogens is 288 g/mol. The maximum Gasteiger partial charge on any atom is 0.255 e. The van der Waals surface area contributed by atoms with Crippen LogP contribution in [0.3, 0.4) is 0 Å². The standard InChI is InChI=1S/C16H17ClN2O2/c1-10(11-4-3-5-13(18)8-11)19-16(20)14-7-6-12(17)9-15(14)21-2/h3-10H,18H2,1-2H3,(H,19,20). The normalized spacial score (nSPS) is 11.8. The molecule has 0 heterocycles. The van der Waals surface area contributed by atoms with Gasteiger partial charge < -0.3 is 15.8 Å². The van der Waals surface area contributed by atoms with Gasteiger partial charge in [0.2, 0.25) is 0 Å². The molecule has 0 aliphatic heterocycles. The van der Waals surface area contributed by atoms with E-state index in [4.69, 9.17) is 22.1 Å². The number of halogens is 1. The van der Waals surface area contributed by atoms with E-state index in [0.717, 1.165) is 5.56 Å². The van der Waals surface area contributed by atoms with E-state index in [0.29, 0.717) is 22.0 Å². The van der Waals surface area contributed by atoms with Crippen LogP contribution in [0, 0.1) is 0 Å². The Morgan fingerprint density at radius 3 is 2.71 bits per heavy atom. The fourth-order valence-electron chi connectivity index (χ4n) is 2.04. The van der Waals surface area contributed by atoms with Crippen molar-refractivity contribution in [2.75, 3.05) is 12.8 Å². The van der Waals surface area contributed by atoms with Crippen LogP contribution in [0.4, 0.5) is 5.69 Å². The molecule has 1 amide bonds. The Bertz CT molecular complexity index is 658. The summed E-state index contributed by atoms with van der Waals surface area (Å²) in [6.45, 7) is 1.90. The van der Waals surface area contributed by atoms with E-state index in [1.165, 1.54) is 7.11 Å². The first-order valence-corrected chi connectivity index (χ1v) is 6.89. The number of rotatable bonds is 4. The zero-order valence-electron chi connectivity index (χ0n) is 11.9. The summed E-state index contributed by atoms with van der Waals surface area (Å²) in [5.74, 6) is 0.221. The van der Waals surface area contributed by atoms with Gasteiger partial charge in [0.05, 0.1) is 18.7 Å². The van der Waals surface area contributed by atoms with E-state index in [9.17, 15) is 4.79 Å². The number of nitrogen functional groups attached to an aromatic ring is 1. The Kier molecular flexibility index (Phi) is 4.70. The molecule has 0 saturated carbocycles. The second-order valence-electron chi connectivity index (χ2n) is 4.71. The van der Waals surface area contributed by atoms with E-state index in [1.54, 1.807) is 24.3 Å². The van der Waals surface area contributed by atoms with Crippen molar-refractivity contribution in [2.24, 2.45) is 0 Å². The Morgan fingerprint density at radius 2 is 2.05 bits per heavy atom. The number of nitrogens with one attached hydrogen (secondary N) is 1. The molecule has 1 unspecified atom stereocenters. The van der Waals surface area contributed by atoms with Crippen LogP contribution in [0.1, 0.15) is 28.9 Å². The summed E-state index contributed by atoms with van der Waals surface area (Å²) in [4.78, 5) is 12.3. The molecular formula is C16H17ClN2O2. The van der Waals surface area contributed by atoms with Crippen molar-refractivity contribution in [2.45, 2.75) is 13.0 Å². The fraction of sp³-hybridized carbons (Fsp3) is 0.188. The van der Waals surface area contributed by atoms with E-state index < -0.39 is 0 Å². The summed E-state index contributed by atoms with van der Waals surface area (Å²) in [5, 5.41) is 3.44. The molecule has 110 valence electrons. The molecule has 5 heteroatoms. The Hall–Kier alpha value is -2.20. The molecule has 21 heavy (non-hydrogen) atoms. The van der Waals surface area contributed by atoms with Crippen LogP contribution in [0.5, 0.6) is 5.75 Å². The number of hydrogen-bond acceptors (Lipinski definition) is 3. The van der Waals surface area contributed by atoms with Gasteiger partial charge in [-0.15, -0.1) is 0 Å². The van der Waals surface area contributed by atoms with Crippen molar-refractivity contribution in [3.05, 3.63) is 58.6 Å². The van der Waals surface area contributed by atoms with Crippen molar-refractivity contribution in [1.29, 1.82) is 0 Å². The van der Waals surface area contributed by atoms with Crippen LogP contribution in [-0.4, -0.2) is 13.0 Å². The molecule has 0 aromatic heterocycles. The summed E-state index contributed by atoms with van der Waals surface area (Å²) in [6.07, 6.45) is 0. The predicted octanol–water partition coefficient (Wildman–Crippen LogP) is 3.42. The number of anilines is 1. The summed E-state index contributed by atoms with van der Waals surface area (Å²) >= 11 is 5.89. The lowest BCUT2D eigenvalue weighted by molar-refractivity contribution is 0.0937. The first-order valence-electron chi connectivity index (χ1n) is 6.51. The third kappa shape index (κ3) is 3.67. The van der Waals surface area contributed by atoms with Gasteiger partial charge in [0.25, 0.3) is 5.91 Å². The number of hydrogen-bond donors (Lipinski definition) is 2. The summed E-state index contributed by atoms with van der Waals surface area (Å²) in [5.41, 5.74) is 7.80. The molecule has 0 radical (unpaired) electrons. The van der Waals surface area contributed by atoms with Crippen molar-refractivity contribution in [3.8, 4) is 5.75 Å². The second-order valence-corrected chi connectivity index (χ2v) is 5.15. The maximum atomic E-state index is 12.3. The number of nitrogens with two attached hydrogens (primary N) is 1.